The van der Waals surface area contributed by atoms with Crippen molar-refractivity contribution in [3.8, 4) is 0 Å². The Kier molecular flexibility index (Phi) is 5.34. The van der Waals surface area contributed by atoms with Crippen LogP contribution in [0.15, 0.2) is 54.7 Å². The van der Waals surface area contributed by atoms with Crippen LogP contribution in [0.2, 0.25) is 0 Å². The Hall–Kier alpha value is -1.75. The summed E-state index contributed by atoms with van der Waals surface area (Å²) in [6.07, 6.45) is 4.59. The highest BCUT2D eigenvalue weighted by atomic mass is 16.3. The molecule has 2 aromatic rings. The maximum Gasteiger partial charge on any atom is 0.109 e. The summed E-state index contributed by atoms with van der Waals surface area (Å²) in [5.74, 6) is 0.687. The molecule has 4 nitrogen and oxygen atoms in total. The molecule has 2 saturated heterocycles. The molecule has 3 heterocycles. The Balaban J connectivity index is 1.23. The topological polar surface area (TPSA) is 39.6 Å². The summed E-state index contributed by atoms with van der Waals surface area (Å²) >= 11 is 0. The van der Waals surface area contributed by atoms with Crippen molar-refractivity contribution in [1.82, 2.24) is 14.8 Å². The molecule has 1 N–H and O–H groups in total. The van der Waals surface area contributed by atoms with Gasteiger partial charge in [-0.15, -0.1) is 0 Å². The first-order chi connectivity index (χ1) is 12.7. The number of likely N-dealkylation sites (tertiary alicyclic amines) is 2. The highest BCUT2D eigenvalue weighted by molar-refractivity contribution is 5.21. The Morgan fingerprint density at radius 3 is 2.38 bits per heavy atom. The minimum atomic E-state index is -0.746. The van der Waals surface area contributed by atoms with E-state index in [2.05, 4.69) is 45.1 Å². The van der Waals surface area contributed by atoms with E-state index in [1.807, 2.05) is 18.2 Å². The van der Waals surface area contributed by atoms with Gasteiger partial charge in [0.15, 0.2) is 0 Å². The lowest BCUT2D eigenvalue weighted by molar-refractivity contribution is -0.0303. The molecule has 0 aliphatic carbocycles. The fraction of sp³-hybridized carbons (Fsp3) is 0.500. The van der Waals surface area contributed by atoms with E-state index >= 15 is 0 Å². The van der Waals surface area contributed by atoms with Gasteiger partial charge < -0.3 is 14.9 Å². The SMILES string of the molecule is OC1(c2ccccn2)CCN(CCN2CCC(c3ccccc3)C2)CC1. The van der Waals surface area contributed by atoms with Gasteiger partial charge in [0, 0.05) is 38.9 Å². The standard InChI is InChI=1S/C22H29N3O/c26-22(21-8-4-5-12-23-21)10-14-24(15-11-22)16-17-25-13-9-20(18-25)19-6-2-1-3-7-19/h1-8,12,20,26H,9-11,13-18H2. The number of rotatable bonds is 5. The number of hydrogen-bond donors (Lipinski definition) is 1. The minimum Gasteiger partial charge on any atom is -0.383 e. The van der Waals surface area contributed by atoms with Gasteiger partial charge in [0.25, 0.3) is 0 Å². The van der Waals surface area contributed by atoms with Gasteiger partial charge >= 0.3 is 0 Å². The van der Waals surface area contributed by atoms with Crippen LogP contribution in [0, 0.1) is 0 Å². The molecule has 2 fully saturated rings. The first-order valence-electron chi connectivity index (χ1n) is 9.86. The molecule has 1 unspecified atom stereocenters. The number of hydrogen-bond acceptors (Lipinski definition) is 4. The molecular formula is C22H29N3O. The predicted molar refractivity (Wildman–Crippen MR) is 104 cm³/mol. The van der Waals surface area contributed by atoms with E-state index < -0.39 is 5.60 Å². The van der Waals surface area contributed by atoms with Gasteiger partial charge in [-0.1, -0.05) is 36.4 Å². The van der Waals surface area contributed by atoms with E-state index in [1.165, 1.54) is 25.1 Å². The van der Waals surface area contributed by atoms with Crippen LogP contribution < -0.4 is 0 Å². The molecule has 1 aromatic carbocycles. The van der Waals surface area contributed by atoms with Gasteiger partial charge in [-0.05, 0) is 49.4 Å². The summed E-state index contributed by atoms with van der Waals surface area (Å²) in [6, 6.07) is 16.7. The molecule has 138 valence electrons. The second kappa shape index (κ2) is 7.87. The quantitative estimate of drug-likeness (QED) is 0.899. The zero-order valence-electron chi connectivity index (χ0n) is 15.4. The van der Waals surface area contributed by atoms with Crippen molar-refractivity contribution in [3.05, 3.63) is 66.0 Å². The molecule has 0 bridgehead atoms. The van der Waals surface area contributed by atoms with Crippen molar-refractivity contribution in [1.29, 1.82) is 0 Å². The van der Waals surface area contributed by atoms with Gasteiger partial charge in [-0.2, -0.15) is 0 Å². The van der Waals surface area contributed by atoms with Gasteiger partial charge in [0.2, 0.25) is 0 Å². The van der Waals surface area contributed by atoms with Crippen LogP contribution >= 0.6 is 0 Å². The van der Waals surface area contributed by atoms with Crippen LogP contribution in [0.5, 0.6) is 0 Å². The van der Waals surface area contributed by atoms with E-state index in [1.54, 1.807) is 6.20 Å². The average Bonchev–Trinajstić information content (AvgIpc) is 3.18. The zero-order chi connectivity index (χ0) is 17.8. The number of aromatic nitrogens is 1. The third-order valence-corrected chi connectivity index (χ3v) is 6.10. The van der Waals surface area contributed by atoms with E-state index in [0.717, 1.165) is 44.7 Å². The van der Waals surface area contributed by atoms with E-state index in [-0.39, 0.29) is 0 Å². The summed E-state index contributed by atoms with van der Waals surface area (Å²) in [5.41, 5.74) is 1.56. The van der Waals surface area contributed by atoms with Gasteiger partial charge in [-0.3, -0.25) is 4.98 Å². The lowest BCUT2D eigenvalue weighted by Crippen LogP contribution is -2.45. The van der Waals surface area contributed by atoms with Crippen LogP contribution in [0.25, 0.3) is 0 Å². The van der Waals surface area contributed by atoms with Crippen LogP contribution in [-0.4, -0.2) is 59.2 Å². The summed E-state index contributed by atoms with van der Waals surface area (Å²) in [6.45, 7) is 6.50. The average molecular weight is 351 g/mol. The number of pyridine rings is 1. The number of nitrogens with zero attached hydrogens (tertiary/aromatic N) is 3. The lowest BCUT2D eigenvalue weighted by Gasteiger charge is -2.38. The first-order valence-corrected chi connectivity index (χ1v) is 9.86. The summed E-state index contributed by atoms with van der Waals surface area (Å²) in [7, 11) is 0. The molecule has 2 aliphatic rings. The lowest BCUT2D eigenvalue weighted by atomic mass is 9.88. The van der Waals surface area contributed by atoms with Crippen LogP contribution in [-0.2, 0) is 5.60 Å². The van der Waals surface area contributed by atoms with Crippen LogP contribution in [0.4, 0.5) is 0 Å². The van der Waals surface area contributed by atoms with Crippen molar-refractivity contribution < 1.29 is 5.11 Å². The molecule has 1 aromatic heterocycles. The van der Waals surface area contributed by atoms with Gasteiger partial charge in [0.05, 0.1) is 5.69 Å². The molecule has 4 heteroatoms. The second-order valence-corrected chi connectivity index (χ2v) is 7.79. The van der Waals surface area contributed by atoms with E-state index in [9.17, 15) is 5.11 Å². The van der Waals surface area contributed by atoms with Crippen molar-refractivity contribution >= 4 is 0 Å². The first kappa shape index (κ1) is 17.7. The molecule has 4 rings (SSSR count). The third kappa shape index (κ3) is 3.98. The summed E-state index contributed by atoms with van der Waals surface area (Å²) in [4.78, 5) is 9.46. The molecule has 0 saturated carbocycles. The van der Waals surface area contributed by atoms with Crippen LogP contribution in [0.3, 0.4) is 0 Å². The minimum absolute atomic E-state index is 0.687. The van der Waals surface area contributed by atoms with E-state index in [4.69, 9.17) is 0 Å². The molecule has 26 heavy (non-hydrogen) atoms. The third-order valence-electron chi connectivity index (χ3n) is 6.10. The molecular weight excluding hydrogens is 322 g/mol. The zero-order valence-corrected chi connectivity index (χ0v) is 15.4. The maximum absolute atomic E-state index is 10.9. The largest absolute Gasteiger partial charge is 0.383 e. The van der Waals surface area contributed by atoms with Crippen molar-refractivity contribution in [3.63, 3.8) is 0 Å². The van der Waals surface area contributed by atoms with Crippen molar-refractivity contribution in [2.75, 3.05) is 39.3 Å². The molecule has 1 atom stereocenters. The molecule has 0 amide bonds. The fourth-order valence-corrected chi connectivity index (χ4v) is 4.36. The number of benzene rings is 1. The highest BCUT2D eigenvalue weighted by Gasteiger charge is 2.35. The number of aliphatic hydroxyl groups is 1. The maximum atomic E-state index is 10.9. The highest BCUT2D eigenvalue weighted by Crippen LogP contribution is 2.31. The second-order valence-electron chi connectivity index (χ2n) is 7.79. The van der Waals surface area contributed by atoms with E-state index in [0.29, 0.717) is 5.92 Å². The summed E-state index contributed by atoms with van der Waals surface area (Å²) in [5, 5.41) is 10.9. The predicted octanol–water partition coefficient (Wildman–Crippen LogP) is 2.85. The molecule has 0 radical (unpaired) electrons. The Morgan fingerprint density at radius 1 is 0.923 bits per heavy atom. The fourth-order valence-electron chi connectivity index (χ4n) is 4.36. The Bertz CT molecular complexity index is 683. The monoisotopic (exact) mass is 351 g/mol. The smallest absolute Gasteiger partial charge is 0.109 e. The molecule has 2 aliphatic heterocycles. The Morgan fingerprint density at radius 2 is 1.65 bits per heavy atom. The van der Waals surface area contributed by atoms with Gasteiger partial charge in [0.1, 0.15) is 5.60 Å². The van der Waals surface area contributed by atoms with Crippen molar-refractivity contribution in [2.24, 2.45) is 0 Å². The van der Waals surface area contributed by atoms with Gasteiger partial charge in [-0.25, -0.2) is 0 Å². The van der Waals surface area contributed by atoms with Crippen molar-refractivity contribution in [2.45, 2.75) is 30.8 Å². The summed E-state index contributed by atoms with van der Waals surface area (Å²) < 4.78 is 0. The normalized spacial score (nSPS) is 24.0. The Labute approximate surface area is 156 Å². The van der Waals surface area contributed by atoms with Crippen LogP contribution in [0.1, 0.15) is 36.4 Å². The molecule has 0 spiro atoms. The number of piperidine rings is 1.